The monoisotopic (exact) mass is 381 g/mol. The minimum atomic E-state index is -0.221. The second-order valence-corrected chi connectivity index (χ2v) is 5.85. The third-order valence-electron chi connectivity index (χ3n) is 3.54. The van der Waals surface area contributed by atoms with Crippen molar-refractivity contribution in [2.24, 2.45) is 11.7 Å². The highest BCUT2D eigenvalue weighted by molar-refractivity contribution is 6.36. The smallest absolute Gasteiger partial charge is 0.275 e. The first-order chi connectivity index (χ1) is 9.91. The zero-order valence-electron chi connectivity index (χ0n) is 13.3. The first-order valence-corrected chi connectivity index (χ1v) is 7.29. The van der Waals surface area contributed by atoms with Crippen LogP contribution in [0.1, 0.15) is 30.8 Å². The molecule has 0 aliphatic carbocycles. The summed E-state index contributed by atoms with van der Waals surface area (Å²) in [6.07, 6.45) is 4.06. The molecule has 0 aliphatic rings. The zero-order chi connectivity index (χ0) is 15.6. The van der Waals surface area contributed by atoms with Crippen LogP contribution in [0.3, 0.4) is 0 Å². The summed E-state index contributed by atoms with van der Waals surface area (Å²) in [5.41, 5.74) is 6.70. The van der Waals surface area contributed by atoms with E-state index in [0.717, 1.165) is 6.42 Å². The fraction of sp³-hybridized carbons (Fsp3) is 0.500. The third kappa shape index (κ3) is 4.94. The molecule has 0 bridgehead atoms. The molecule has 0 saturated heterocycles. The number of hydrogen-bond donors (Lipinski definition) is 1. The van der Waals surface area contributed by atoms with Crippen LogP contribution >= 0.6 is 36.4 Å². The largest absolute Gasteiger partial charge is 0.340 e. The van der Waals surface area contributed by atoms with Gasteiger partial charge in [0.1, 0.15) is 5.02 Å². The SMILES string of the molecule is CC(C)C(N)CCN(C)C(=O)c1nn2cccnc2c1Cl.Cl.Cl. The van der Waals surface area contributed by atoms with E-state index in [2.05, 4.69) is 23.9 Å². The standard InChI is InChI=1S/C14H20ClN5O.2ClH/c1-9(2)10(16)5-8-19(3)14(21)12-11(15)13-17-6-4-7-20(13)18-12;;/h4,6-7,9-10H,5,8,16H2,1-3H3;2*1H. The number of nitrogens with two attached hydrogens (primary N) is 1. The number of carbonyl (C=O) groups is 1. The molecule has 0 saturated carbocycles. The van der Waals surface area contributed by atoms with Crippen molar-refractivity contribution in [1.82, 2.24) is 19.5 Å². The van der Waals surface area contributed by atoms with Crippen LogP contribution in [0.2, 0.25) is 5.02 Å². The van der Waals surface area contributed by atoms with Gasteiger partial charge in [-0.15, -0.1) is 24.8 Å². The number of amides is 1. The molecule has 2 N–H and O–H groups in total. The van der Waals surface area contributed by atoms with E-state index < -0.39 is 0 Å². The van der Waals surface area contributed by atoms with E-state index in [1.54, 1.807) is 30.4 Å². The fourth-order valence-corrected chi connectivity index (χ4v) is 2.21. The van der Waals surface area contributed by atoms with Crippen LogP contribution < -0.4 is 5.73 Å². The van der Waals surface area contributed by atoms with Gasteiger partial charge in [0.25, 0.3) is 5.91 Å². The second kappa shape index (κ2) is 9.27. The van der Waals surface area contributed by atoms with Crippen LogP contribution in [0.25, 0.3) is 5.65 Å². The van der Waals surface area contributed by atoms with Gasteiger partial charge in [-0.1, -0.05) is 25.4 Å². The van der Waals surface area contributed by atoms with Gasteiger partial charge in [0.2, 0.25) is 0 Å². The molecule has 0 aromatic carbocycles. The van der Waals surface area contributed by atoms with Crippen molar-refractivity contribution >= 4 is 48.0 Å². The highest BCUT2D eigenvalue weighted by Gasteiger charge is 2.22. The van der Waals surface area contributed by atoms with E-state index in [9.17, 15) is 4.79 Å². The van der Waals surface area contributed by atoms with E-state index in [1.165, 1.54) is 4.52 Å². The van der Waals surface area contributed by atoms with Crippen LogP contribution in [0.4, 0.5) is 0 Å². The summed E-state index contributed by atoms with van der Waals surface area (Å²) < 4.78 is 1.50. The number of halogens is 3. The first kappa shape index (κ1) is 21.9. The van der Waals surface area contributed by atoms with Gasteiger partial charge in [0.15, 0.2) is 11.3 Å². The molecule has 6 nitrogen and oxygen atoms in total. The van der Waals surface area contributed by atoms with Gasteiger partial charge < -0.3 is 10.6 Å². The predicted molar refractivity (Wildman–Crippen MR) is 96.9 cm³/mol. The highest BCUT2D eigenvalue weighted by Crippen LogP contribution is 2.21. The number of aromatic nitrogens is 3. The highest BCUT2D eigenvalue weighted by atomic mass is 35.5. The summed E-state index contributed by atoms with van der Waals surface area (Å²) in [6, 6.07) is 1.80. The number of nitrogens with zero attached hydrogens (tertiary/aromatic N) is 4. The Labute approximate surface area is 153 Å². The Bertz CT molecular complexity index is 646. The lowest BCUT2D eigenvalue weighted by atomic mass is 10.0. The maximum absolute atomic E-state index is 12.4. The average molecular weight is 383 g/mol. The lowest BCUT2D eigenvalue weighted by Gasteiger charge is -2.20. The molecule has 1 amide bonds. The van der Waals surface area contributed by atoms with Crippen LogP contribution in [0.15, 0.2) is 18.5 Å². The van der Waals surface area contributed by atoms with E-state index >= 15 is 0 Å². The van der Waals surface area contributed by atoms with Crippen LogP contribution in [0.5, 0.6) is 0 Å². The van der Waals surface area contributed by atoms with E-state index in [4.69, 9.17) is 17.3 Å². The first-order valence-electron chi connectivity index (χ1n) is 6.91. The number of hydrogen-bond acceptors (Lipinski definition) is 4. The summed E-state index contributed by atoms with van der Waals surface area (Å²) >= 11 is 6.19. The van der Waals surface area contributed by atoms with Crippen molar-refractivity contribution in [3.05, 3.63) is 29.2 Å². The van der Waals surface area contributed by atoms with Crippen molar-refractivity contribution in [3.8, 4) is 0 Å². The fourth-order valence-electron chi connectivity index (χ4n) is 1.95. The Morgan fingerprint density at radius 3 is 2.65 bits per heavy atom. The van der Waals surface area contributed by atoms with Gasteiger partial charge in [0, 0.05) is 32.0 Å². The average Bonchev–Trinajstić information content (AvgIpc) is 2.81. The molecular formula is C14H22Cl3N5O. The number of carbonyl (C=O) groups excluding carboxylic acids is 1. The Balaban J connectivity index is 0.00000242. The minimum Gasteiger partial charge on any atom is -0.340 e. The van der Waals surface area contributed by atoms with Crippen LogP contribution in [0, 0.1) is 5.92 Å². The van der Waals surface area contributed by atoms with Crippen molar-refractivity contribution in [2.45, 2.75) is 26.3 Å². The molecule has 0 fully saturated rings. The van der Waals surface area contributed by atoms with E-state index in [1.807, 2.05) is 0 Å². The molecular weight excluding hydrogens is 361 g/mol. The number of rotatable bonds is 5. The molecule has 1 unspecified atom stereocenters. The molecule has 0 radical (unpaired) electrons. The molecule has 2 heterocycles. The summed E-state index contributed by atoms with van der Waals surface area (Å²) in [4.78, 5) is 18.1. The Morgan fingerprint density at radius 1 is 1.43 bits per heavy atom. The summed E-state index contributed by atoms with van der Waals surface area (Å²) in [7, 11) is 1.73. The Hall–Kier alpha value is -1.08. The van der Waals surface area contributed by atoms with Crippen molar-refractivity contribution < 1.29 is 4.79 Å². The maximum atomic E-state index is 12.4. The molecule has 2 rings (SSSR count). The van der Waals surface area contributed by atoms with Crippen molar-refractivity contribution in [2.75, 3.05) is 13.6 Å². The van der Waals surface area contributed by atoms with Gasteiger partial charge in [-0.3, -0.25) is 4.79 Å². The van der Waals surface area contributed by atoms with Crippen molar-refractivity contribution in [1.29, 1.82) is 0 Å². The van der Waals surface area contributed by atoms with Gasteiger partial charge in [0.05, 0.1) is 0 Å². The summed E-state index contributed by atoms with van der Waals surface area (Å²) in [5, 5.41) is 4.47. The second-order valence-electron chi connectivity index (χ2n) is 5.47. The van der Waals surface area contributed by atoms with Gasteiger partial charge >= 0.3 is 0 Å². The lowest BCUT2D eigenvalue weighted by Crippen LogP contribution is -2.34. The third-order valence-corrected chi connectivity index (χ3v) is 3.89. The lowest BCUT2D eigenvalue weighted by molar-refractivity contribution is 0.0783. The molecule has 0 spiro atoms. The molecule has 0 aliphatic heterocycles. The van der Waals surface area contributed by atoms with Crippen LogP contribution in [-0.4, -0.2) is 45.0 Å². The van der Waals surface area contributed by atoms with Gasteiger partial charge in [-0.05, 0) is 18.4 Å². The summed E-state index contributed by atoms with van der Waals surface area (Å²) in [5.74, 6) is 0.165. The van der Waals surface area contributed by atoms with Gasteiger partial charge in [-0.25, -0.2) is 9.50 Å². The zero-order valence-corrected chi connectivity index (χ0v) is 15.7. The van der Waals surface area contributed by atoms with E-state index in [-0.39, 0.29) is 47.5 Å². The van der Waals surface area contributed by atoms with Gasteiger partial charge in [-0.2, -0.15) is 5.10 Å². The normalized spacial score (nSPS) is 11.7. The molecule has 2 aromatic heterocycles. The molecule has 9 heteroatoms. The minimum absolute atomic E-state index is 0. The Morgan fingerprint density at radius 2 is 2.09 bits per heavy atom. The number of fused-ring (bicyclic) bond motifs is 1. The topological polar surface area (TPSA) is 76.5 Å². The van der Waals surface area contributed by atoms with E-state index in [0.29, 0.717) is 18.1 Å². The maximum Gasteiger partial charge on any atom is 0.275 e. The molecule has 130 valence electrons. The summed E-state index contributed by atoms with van der Waals surface area (Å²) in [6.45, 7) is 4.70. The Kier molecular flexibility index (Phi) is 8.84. The predicted octanol–water partition coefficient (Wildman–Crippen LogP) is 2.67. The van der Waals surface area contributed by atoms with Crippen molar-refractivity contribution in [3.63, 3.8) is 0 Å². The molecule has 1 atom stereocenters. The van der Waals surface area contributed by atoms with Crippen LogP contribution in [-0.2, 0) is 0 Å². The molecule has 2 aromatic rings. The quantitative estimate of drug-likeness (QED) is 0.862. The molecule has 23 heavy (non-hydrogen) atoms.